The highest BCUT2D eigenvalue weighted by Gasteiger charge is 2.05. The predicted molar refractivity (Wildman–Crippen MR) is 77.3 cm³/mol. The summed E-state index contributed by atoms with van der Waals surface area (Å²) in [5.41, 5.74) is 1.20. The molecule has 1 aromatic rings. The lowest BCUT2D eigenvalue weighted by atomic mass is 10.1. The fourth-order valence-corrected chi connectivity index (χ4v) is 1.72. The molecule has 0 aliphatic rings. The first-order chi connectivity index (χ1) is 9.17. The van der Waals surface area contributed by atoms with Crippen molar-refractivity contribution in [3.63, 3.8) is 0 Å². The average molecular weight is 264 g/mol. The minimum Gasteiger partial charge on any atom is -0.494 e. The van der Waals surface area contributed by atoms with E-state index in [1.807, 2.05) is 12.1 Å². The van der Waals surface area contributed by atoms with E-state index < -0.39 is 0 Å². The molecule has 0 aliphatic carbocycles. The lowest BCUT2D eigenvalue weighted by Crippen LogP contribution is -2.26. The van der Waals surface area contributed by atoms with Gasteiger partial charge in [-0.2, -0.15) is 0 Å². The van der Waals surface area contributed by atoms with Gasteiger partial charge in [-0.3, -0.25) is 4.79 Å². The van der Waals surface area contributed by atoms with Crippen LogP contribution in [0.3, 0.4) is 0 Å². The molecule has 1 aromatic carbocycles. The molecule has 0 heterocycles. The molecule has 4 nitrogen and oxygen atoms in total. The predicted octanol–water partition coefficient (Wildman–Crippen LogP) is 2.26. The Morgan fingerprint density at radius 1 is 1.32 bits per heavy atom. The lowest BCUT2D eigenvalue weighted by Gasteiger charge is -2.14. The van der Waals surface area contributed by atoms with Gasteiger partial charge in [-0.15, -0.1) is 0 Å². The van der Waals surface area contributed by atoms with Gasteiger partial charge >= 0.3 is 0 Å². The van der Waals surface area contributed by atoms with Crippen LogP contribution in [0, 0.1) is 0 Å². The minimum atomic E-state index is 0.0583. The second-order valence-corrected chi connectivity index (χ2v) is 4.52. The van der Waals surface area contributed by atoms with Crippen LogP contribution in [0.4, 0.5) is 0 Å². The maximum atomic E-state index is 11.1. The number of hydrogen-bond acceptors (Lipinski definition) is 3. The van der Waals surface area contributed by atoms with E-state index in [0.717, 1.165) is 18.8 Å². The fraction of sp³-hybridized carbons (Fsp3) is 0.533. The normalized spacial score (nSPS) is 11.9. The van der Waals surface area contributed by atoms with Gasteiger partial charge in [0.05, 0.1) is 6.61 Å². The van der Waals surface area contributed by atoms with Crippen LogP contribution >= 0.6 is 0 Å². The first-order valence-electron chi connectivity index (χ1n) is 6.84. The van der Waals surface area contributed by atoms with Crippen LogP contribution in [0.15, 0.2) is 24.3 Å². The van der Waals surface area contributed by atoms with Gasteiger partial charge in [0, 0.05) is 26.1 Å². The number of amides is 1. The summed E-state index contributed by atoms with van der Waals surface area (Å²) in [7, 11) is 1.65. The molecule has 1 amide bonds. The Labute approximate surface area is 115 Å². The zero-order valence-corrected chi connectivity index (χ0v) is 12.0. The van der Waals surface area contributed by atoms with Crippen LogP contribution in [0.2, 0.25) is 0 Å². The van der Waals surface area contributed by atoms with Crippen LogP contribution in [0.5, 0.6) is 5.75 Å². The van der Waals surface area contributed by atoms with Crippen LogP contribution in [0.25, 0.3) is 0 Å². The van der Waals surface area contributed by atoms with Crippen LogP contribution in [-0.2, 0) is 4.79 Å². The third-order valence-corrected chi connectivity index (χ3v) is 2.93. The van der Waals surface area contributed by atoms with Crippen LogP contribution in [-0.4, -0.2) is 26.1 Å². The molecule has 2 N–H and O–H groups in total. The van der Waals surface area contributed by atoms with Gasteiger partial charge in [0.1, 0.15) is 5.75 Å². The third kappa shape index (κ3) is 5.75. The Hall–Kier alpha value is -1.55. The molecule has 0 radical (unpaired) electrons. The van der Waals surface area contributed by atoms with Crippen molar-refractivity contribution >= 4 is 5.91 Å². The van der Waals surface area contributed by atoms with E-state index in [4.69, 9.17) is 4.74 Å². The number of nitrogens with one attached hydrogen (secondary N) is 2. The molecule has 0 aromatic heterocycles. The van der Waals surface area contributed by atoms with Crippen molar-refractivity contribution in [2.24, 2.45) is 0 Å². The van der Waals surface area contributed by atoms with Gasteiger partial charge in [0.2, 0.25) is 5.91 Å². The smallest absolute Gasteiger partial charge is 0.221 e. The topological polar surface area (TPSA) is 50.4 Å². The molecule has 0 aliphatic heterocycles. The second-order valence-electron chi connectivity index (χ2n) is 4.52. The molecule has 0 bridgehead atoms. The Kier molecular flexibility index (Phi) is 6.97. The molecule has 0 saturated heterocycles. The lowest BCUT2D eigenvalue weighted by molar-refractivity contribution is -0.120. The molecule has 1 atom stereocenters. The Balaban J connectivity index is 2.39. The van der Waals surface area contributed by atoms with Crippen molar-refractivity contribution in [3.05, 3.63) is 29.8 Å². The number of ether oxygens (including phenoxy) is 1. The summed E-state index contributed by atoms with van der Waals surface area (Å²) >= 11 is 0. The Morgan fingerprint density at radius 2 is 2.00 bits per heavy atom. The number of hydrogen-bond donors (Lipinski definition) is 2. The molecular formula is C15H24N2O2. The molecule has 1 rings (SSSR count). The summed E-state index contributed by atoms with van der Waals surface area (Å²) in [6.45, 7) is 5.60. The Bertz CT molecular complexity index is 376. The SMILES string of the molecule is CCCOc1ccc(C(C)NCCC(=O)NC)cc1. The van der Waals surface area contributed by atoms with Crippen LogP contribution < -0.4 is 15.4 Å². The van der Waals surface area contributed by atoms with E-state index in [0.29, 0.717) is 13.0 Å². The van der Waals surface area contributed by atoms with Gasteiger partial charge in [-0.05, 0) is 31.0 Å². The summed E-state index contributed by atoms with van der Waals surface area (Å²) in [5, 5.41) is 5.94. The van der Waals surface area contributed by atoms with Crippen molar-refractivity contribution < 1.29 is 9.53 Å². The maximum Gasteiger partial charge on any atom is 0.221 e. The monoisotopic (exact) mass is 264 g/mol. The Morgan fingerprint density at radius 3 is 2.58 bits per heavy atom. The van der Waals surface area contributed by atoms with Gasteiger partial charge in [0.25, 0.3) is 0 Å². The molecule has 19 heavy (non-hydrogen) atoms. The van der Waals surface area contributed by atoms with Crippen molar-refractivity contribution in [3.8, 4) is 5.75 Å². The van der Waals surface area contributed by atoms with E-state index in [9.17, 15) is 4.79 Å². The second kappa shape index (κ2) is 8.53. The molecule has 1 unspecified atom stereocenters. The minimum absolute atomic E-state index is 0.0583. The number of benzene rings is 1. The van der Waals surface area contributed by atoms with Gasteiger partial charge in [-0.25, -0.2) is 0 Å². The molecule has 0 fully saturated rings. The highest BCUT2D eigenvalue weighted by atomic mass is 16.5. The zero-order valence-electron chi connectivity index (χ0n) is 12.0. The third-order valence-electron chi connectivity index (χ3n) is 2.93. The quantitative estimate of drug-likeness (QED) is 0.757. The highest BCUT2D eigenvalue weighted by molar-refractivity contribution is 5.75. The van der Waals surface area contributed by atoms with Gasteiger partial charge in [-0.1, -0.05) is 19.1 Å². The standard InChI is InChI=1S/C15H24N2O2/c1-4-11-19-14-7-5-13(6-8-14)12(2)17-10-9-15(18)16-3/h5-8,12,17H,4,9-11H2,1-3H3,(H,16,18). The number of carbonyl (C=O) groups is 1. The summed E-state index contributed by atoms with van der Waals surface area (Å²) in [4.78, 5) is 11.1. The van der Waals surface area contributed by atoms with E-state index in [1.165, 1.54) is 5.56 Å². The summed E-state index contributed by atoms with van der Waals surface area (Å²) in [5.74, 6) is 0.964. The van der Waals surface area contributed by atoms with Crippen molar-refractivity contribution in [2.75, 3.05) is 20.2 Å². The highest BCUT2D eigenvalue weighted by Crippen LogP contribution is 2.17. The van der Waals surface area contributed by atoms with E-state index in [2.05, 4.69) is 36.6 Å². The van der Waals surface area contributed by atoms with E-state index >= 15 is 0 Å². The number of rotatable bonds is 8. The van der Waals surface area contributed by atoms with Gasteiger partial charge < -0.3 is 15.4 Å². The summed E-state index contributed by atoms with van der Waals surface area (Å²) in [6, 6.07) is 8.32. The number of carbonyl (C=O) groups excluding carboxylic acids is 1. The van der Waals surface area contributed by atoms with Crippen molar-refractivity contribution in [1.29, 1.82) is 0 Å². The molecule has 4 heteroatoms. The van der Waals surface area contributed by atoms with Crippen molar-refractivity contribution in [2.45, 2.75) is 32.7 Å². The maximum absolute atomic E-state index is 11.1. The zero-order chi connectivity index (χ0) is 14.1. The largest absolute Gasteiger partial charge is 0.494 e. The molecule has 0 spiro atoms. The summed E-state index contributed by atoms with van der Waals surface area (Å²) in [6.07, 6.45) is 1.51. The first-order valence-corrected chi connectivity index (χ1v) is 6.84. The van der Waals surface area contributed by atoms with E-state index in [1.54, 1.807) is 7.05 Å². The molecular weight excluding hydrogens is 240 g/mol. The summed E-state index contributed by atoms with van der Waals surface area (Å²) < 4.78 is 5.54. The van der Waals surface area contributed by atoms with Gasteiger partial charge in [0.15, 0.2) is 0 Å². The fourth-order valence-electron chi connectivity index (χ4n) is 1.72. The van der Waals surface area contributed by atoms with E-state index in [-0.39, 0.29) is 11.9 Å². The van der Waals surface area contributed by atoms with Crippen LogP contribution in [0.1, 0.15) is 38.3 Å². The molecule has 106 valence electrons. The van der Waals surface area contributed by atoms with Crippen molar-refractivity contribution in [1.82, 2.24) is 10.6 Å². The molecule has 0 saturated carbocycles. The average Bonchev–Trinajstić information content (AvgIpc) is 2.45. The first kappa shape index (κ1) is 15.5.